The summed E-state index contributed by atoms with van der Waals surface area (Å²) in [5, 5.41) is 34.3. The fourth-order valence-corrected chi connectivity index (χ4v) is 9.52. The van der Waals surface area contributed by atoms with Gasteiger partial charge in [-0.25, -0.2) is 0 Å². The summed E-state index contributed by atoms with van der Waals surface area (Å²) in [6.45, 7) is 12.1. The van der Waals surface area contributed by atoms with E-state index in [2.05, 4.69) is 31.9 Å². The van der Waals surface area contributed by atoms with Crippen molar-refractivity contribution < 1.29 is 58.0 Å². The molecular formula is C44H73N8O12PS. The predicted molar refractivity (Wildman–Crippen MR) is 251 cm³/mol. The highest BCUT2D eigenvalue weighted by molar-refractivity contribution is 7.98. The van der Waals surface area contributed by atoms with Gasteiger partial charge in [-0.1, -0.05) is 53.7 Å². The van der Waals surface area contributed by atoms with E-state index in [1.807, 2.05) is 47.8 Å². The van der Waals surface area contributed by atoms with Crippen LogP contribution in [0.3, 0.4) is 0 Å². The first-order valence-electron chi connectivity index (χ1n) is 22.5. The number of aliphatic carboxylic acids is 1. The van der Waals surface area contributed by atoms with Gasteiger partial charge < -0.3 is 57.6 Å². The van der Waals surface area contributed by atoms with E-state index in [0.717, 1.165) is 0 Å². The predicted octanol–water partition coefficient (Wildman–Crippen LogP) is 1.26. The number of nitrogens with one attached hydrogen (secondary N) is 6. The fraction of sp³-hybridized carbons (Fsp3) is 0.682. The van der Waals surface area contributed by atoms with Gasteiger partial charge in [-0.3, -0.25) is 42.9 Å². The molecule has 1 aromatic rings. The second kappa shape index (κ2) is 27.8. The van der Waals surface area contributed by atoms with Crippen LogP contribution in [-0.2, 0) is 49.3 Å². The zero-order valence-corrected chi connectivity index (χ0v) is 41.2. The number of phenolic OH excluding ortho intramolecular Hbond substituents is 1. The Morgan fingerprint density at radius 2 is 1.35 bits per heavy atom. The molecule has 1 aliphatic heterocycles. The maximum Gasteiger partial charge on any atom is 0.322 e. The highest BCUT2D eigenvalue weighted by Gasteiger charge is 2.38. The minimum absolute atomic E-state index is 0.0291. The molecular weight excluding hydrogens is 896 g/mol. The number of carbonyl (C=O) groups excluding carboxylic acids is 7. The zero-order valence-electron chi connectivity index (χ0n) is 39.5. The van der Waals surface area contributed by atoms with Crippen molar-refractivity contribution in [2.75, 3.05) is 37.5 Å². The number of carboxylic acids is 1. The SMILES string of the molecule is CSCC[C@H](NC(=O)[C@@H](N)CC(C)C)C(=O)N[C@@H](Cc1ccc(O)cc1)C(=O)NCP(=O)(O)C[C@@H](CC(C)C)C(=O)N[C@@H](CC(C)C)C(=O)N[C@@H](C)C(=O)N1CCC[C@H]1C(=O)NCC(=O)O. The van der Waals surface area contributed by atoms with Gasteiger partial charge in [0.25, 0.3) is 0 Å². The Morgan fingerprint density at radius 1 is 0.773 bits per heavy atom. The molecule has 372 valence electrons. The highest BCUT2D eigenvalue weighted by atomic mass is 32.2. The van der Waals surface area contributed by atoms with Crippen molar-refractivity contribution in [3.05, 3.63) is 29.8 Å². The van der Waals surface area contributed by atoms with Crippen molar-refractivity contribution >= 4 is 66.5 Å². The van der Waals surface area contributed by atoms with Crippen LogP contribution in [0, 0.1) is 23.7 Å². The Morgan fingerprint density at radius 3 is 1.92 bits per heavy atom. The van der Waals surface area contributed by atoms with E-state index in [4.69, 9.17) is 10.8 Å². The number of thioether (sulfide) groups is 1. The summed E-state index contributed by atoms with van der Waals surface area (Å²) >= 11 is 1.45. The topological polar surface area (TPSA) is 316 Å². The van der Waals surface area contributed by atoms with Gasteiger partial charge in [-0.15, -0.1) is 0 Å². The van der Waals surface area contributed by atoms with Crippen molar-refractivity contribution in [1.82, 2.24) is 36.8 Å². The second-order valence-electron chi connectivity index (χ2n) is 18.3. The molecule has 0 bridgehead atoms. The lowest BCUT2D eigenvalue weighted by Crippen LogP contribution is -2.56. The summed E-state index contributed by atoms with van der Waals surface area (Å²) in [6, 6.07) is -0.512. The third kappa shape index (κ3) is 20.4. The lowest BCUT2D eigenvalue weighted by molar-refractivity contribution is -0.142. The monoisotopic (exact) mass is 968 g/mol. The van der Waals surface area contributed by atoms with Crippen LogP contribution in [0.4, 0.5) is 0 Å². The average molecular weight is 969 g/mol. The summed E-state index contributed by atoms with van der Waals surface area (Å²) in [5.74, 6) is -6.61. The van der Waals surface area contributed by atoms with Gasteiger partial charge in [0.15, 0.2) is 0 Å². The van der Waals surface area contributed by atoms with Crippen LogP contribution in [0.1, 0.15) is 92.6 Å². The molecule has 22 heteroatoms. The van der Waals surface area contributed by atoms with Gasteiger partial charge in [0.2, 0.25) is 48.7 Å². The van der Waals surface area contributed by atoms with Gasteiger partial charge in [-0.2, -0.15) is 11.8 Å². The van der Waals surface area contributed by atoms with Crippen LogP contribution in [0.5, 0.6) is 5.75 Å². The Labute approximate surface area is 392 Å². The third-order valence-electron chi connectivity index (χ3n) is 10.8. The van der Waals surface area contributed by atoms with Crippen LogP contribution >= 0.6 is 19.1 Å². The highest BCUT2D eigenvalue weighted by Crippen LogP contribution is 2.42. The number of carboxylic acid groups (broad SMARTS) is 1. The zero-order chi connectivity index (χ0) is 49.9. The van der Waals surface area contributed by atoms with Gasteiger partial charge in [0, 0.05) is 25.0 Å². The molecule has 1 heterocycles. The summed E-state index contributed by atoms with van der Waals surface area (Å²) in [4.78, 5) is 118. The number of aromatic hydroxyl groups is 1. The van der Waals surface area contributed by atoms with Gasteiger partial charge in [0.05, 0.1) is 12.3 Å². The molecule has 0 aromatic heterocycles. The molecule has 11 N–H and O–H groups in total. The smallest absolute Gasteiger partial charge is 0.322 e. The molecule has 0 saturated carbocycles. The average Bonchev–Trinajstić information content (AvgIpc) is 3.72. The third-order valence-corrected chi connectivity index (χ3v) is 13.1. The molecule has 1 aromatic carbocycles. The number of amides is 7. The maximum atomic E-state index is 13.9. The number of nitrogens with zero attached hydrogens (tertiary/aromatic N) is 1. The molecule has 66 heavy (non-hydrogen) atoms. The lowest BCUT2D eigenvalue weighted by atomic mass is 9.96. The first kappa shape index (κ1) is 57.4. The number of hydrogen-bond donors (Lipinski definition) is 10. The van der Waals surface area contributed by atoms with E-state index >= 15 is 0 Å². The molecule has 8 atom stereocenters. The van der Waals surface area contributed by atoms with Crippen molar-refractivity contribution in [2.45, 2.75) is 130 Å². The number of nitrogens with two attached hydrogens (primary N) is 1. The normalized spacial score (nSPS) is 17.4. The largest absolute Gasteiger partial charge is 0.508 e. The molecule has 7 amide bonds. The van der Waals surface area contributed by atoms with E-state index in [-0.39, 0.29) is 55.7 Å². The number of hydrogen-bond acceptors (Lipinski definition) is 12. The molecule has 1 saturated heterocycles. The number of carbonyl (C=O) groups is 8. The molecule has 20 nitrogen and oxygen atoms in total. The minimum Gasteiger partial charge on any atom is -0.508 e. The van der Waals surface area contributed by atoms with E-state index in [0.29, 0.717) is 30.6 Å². The molecule has 0 aliphatic carbocycles. The second-order valence-corrected chi connectivity index (χ2v) is 21.6. The van der Waals surface area contributed by atoms with Crippen molar-refractivity contribution in [3.8, 4) is 5.75 Å². The van der Waals surface area contributed by atoms with E-state index in [9.17, 15) is 52.9 Å². The van der Waals surface area contributed by atoms with Crippen LogP contribution in [0.25, 0.3) is 0 Å². The molecule has 1 aliphatic rings. The Kier molecular flexibility index (Phi) is 24.2. The van der Waals surface area contributed by atoms with Crippen LogP contribution < -0.4 is 37.6 Å². The lowest BCUT2D eigenvalue weighted by Gasteiger charge is -2.29. The summed E-state index contributed by atoms with van der Waals surface area (Å²) < 4.78 is 13.8. The van der Waals surface area contributed by atoms with Crippen molar-refractivity contribution in [3.63, 3.8) is 0 Å². The molecule has 1 unspecified atom stereocenters. The van der Waals surface area contributed by atoms with E-state index in [1.165, 1.54) is 35.7 Å². The molecule has 0 radical (unpaired) electrons. The fourth-order valence-electron chi connectivity index (χ4n) is 7.52. The van der Waals surface area contributed by atoms with Gasteiger partial charge in [-0.05, 0) is 92.9 Å². The maximum absolute atomic E-state index is 13.9. The minimum atomic E-state index is -4.35. The van der Waals surface area contributed by atoms with Gasteiger partial charge >= 0.3 is 5.97 Å². The van der Waals surface area contributed by atoms with Gasteiger partial charge in [0.1, 0.15) is 42.5 Å². The summed E-state index contributed by atoms with van der Waals surface area (Å²) in [6.07, 6.45) is 2.09. The number of rotatable bonds is 28. The quantitative estimate of drug-likeness (QED) is 0.0529. The van der Waals surface area contributed by atoms with Crippen LogP contribution in [-0.4, -0.2) is 141 Å². The number of benzene rings is 1. The summed E-state index contributed by atoms with van der Waals surface area (Å²) in [7, 11) is -4.35. The summed E-state index contributed by atoms with van der Waals surface area (Å²) in [5.41, 5.74) is 6.62. The molecule has 2 rings (SSSR count). The Balaban J connectivity index is 2.25. The number of phenols is 1. The molecule has 0 spiro atoms. The Hall–Kier alpha value is -4.72. The van der Waals surface area contributed by atoms with Crippen LogP contribution in [0.2, 0.25) is 0 Å². The van der Waals surface area contributed by atoms with E-state index in [1.54, 1.807) is 12.1 Å². The number of likely N-dealkylation sites (tertiary alicyclic amines) is 1. The molecule has 1 fully saturated rings. The van der Waals surface area contributed by atoms with E-state index < -0.39 is 116 Å². The standard InChI is InChI=1S/C44H73N8O12PS/c1-25(2)18-30(38(56)50-34(20-27(5)6)42(60)48-28(7)44(62)52-16-9-10-36(52)43(61)46-22-37(54)55)23-65(63,64)24-47-40(58)35(21-29-11-13-31(53)14-12-29)51-41(59)33(15-17-66-8)49-39(57)32(45)19-26(3)4/h11-14,25-28,30,32-36,53H,9-10,15-24,45H2,1-8H3,(H,46,61)(H,47,58)(H,48,60)(H,49,57)(H,50,56)(H,51,59)(H,54,55)(H,63,64)/t28-,30+,32-,33-,34-,35-,36-/m0/s1. The van der Waals surface area contributed by atoms with Crippen molar-refractivity contribution in [2.24, 2.45) is 29.4 Å². The Bertz CT molecular complexity index is 1870. The van der Waals surface area contributed by atoms with Crippen LogP contribution in [0.15, 0.2) is 24.3 Å². The first-order chi connectivity index (χ1) is 30.8. The first-order valence-corrected chi connectivity index (χ1v) is 25.9. The van der Waals surface area contributed by atoms with Crippen molar-refractivity contribution in [1.29, 1.82) is 0 Å².